The third-order valence-corrected chi connectivity index (χ3v) is 4.15. The molecular weight excluding hydrogens is 350 g/mol. The summed E-state index contributed by atoms with van der Waals surface area (Å²) in [6.45, 7) is 5.53. The monoisotopic (exact) mass is 375 g/mol. The molecule has 0 aliphatic heterocycles. The zero-order valence-corrected chi connectivity index (χ0v) is 16.0. The Bertz CT molecular complexity index is 770. The number of rotatable bonds is 5. The molecule has 27 heavy (non-hydrogen) atoms. The molecule has 2 heterocycles. The highest BCUT2D eigenvalue weighted by atomic mass is 16.6. The van der Waals surface area contributed by atoms with Gasteiger partial charge in [-0.3, -0.25) is 0 Å². The van der Waals surface area contributed by atoms with Crippen LogP contribution in [-0.2, 0) is 4.74 Å². The molecule has 1 N–H and O–H groups in total. The van der Waals surface area contributed by atoms with Gasteiger partial charge in [-0.2, -0.15) is 0 Å². The second-order valence-corrected chi connectivity index (χ2v) is 7.47. The Kier molecular flexibility index (Phi) is 5.53. The van der Waals surface area contributed by atoms with Gasteiger partial charge in [0, 0.05) is 24.7 Å². The van der Waals surface area contributed by atoms with E-state index in [1.54, 1.807) is 31.6 Å². The average Bonchev–Trinajstić information content (AvgIpc) is 3.25. The number of amides is 1. The maximum Gasteiger partial charge on any atom is 0.407 e. The topological polar surface area (TPSA) is 95.7 Å². The maximum absolute atomic E-state index is 12.0. The van der Waals surface area contributed by atoms with E-state index in [4.69, 9.17) is 18.7 Å². The number of nitrogens with one attached hydrogen (secondary N) is 1. The summed E-state index contributed by atoms with van der Waals surface area (Å²) in [5.74, 6) is 1.54. The number of ether oxygens (including phenoxy) is 3. The van der Waals surface area contributed by atoms with Crippen molar-refractivity contribution in [3.05, 3.63) is 24.5 Å². The molecule has 2 aromatic rings. The summed E-state index contributed by atoms with van der Waals surface area (Å²) in [5, 5.41) is 6.65. The van der Waals surface area contributed by atoms with Crippen molar-refractivity contribution in [3.63, 3.8) is 0 Å². The van der Waals surface area contributed by atoms with Crippen molar-refractivity contribution >= 4 is 6.09 Å². The summed E-state index contributed by atoms with van der Waals surface area (Å²) < 4.78 is 22.1. The quantitative estimate of drug-likeness (QED) is 0.853. The van der Waals surface area contributed by atoms with Crippen LogP contribution in [0, 0.1) is 0 Å². The van der Waals surface area contributed by atoms with E-state index >= 15 is 0 Å². The zero-order valence-electron chi connectivity index (χ0n) is 16.0. The first-order chi connectivity index (χ1) is 12.9. The highest BCUT2D eigenvalue weighted by Gasteiger charge is 2.30. The van der Waals surface area contributed by atoms with Crippen LogP contribution < -0.4 is 14.8 Å². The van der Waals surface area contributed by atoms with Gasteiger partial charge in [-0.05, 0) is 39.7 Å². The molecule has 2 aromatic heterocycles. The number of carbonyl (C=O) groups is 1. The summed E-state index contributed by atoms with van der Waals surface area (Å²) >= 11 is 0. The summed E-state index contributed by atoms with van der Waals surface area (Å²) in [5.41, 5.74) is 0.110. The van der Waals surface area contributed by atoms with Gasteiger partial charge >= 0.3 is 6.09 Å². The molecule has 8 heteroatoms. The second-order valence-electron chi connectivity index (χ2n) is 7.47. The third-order valence-electron chi connectivity index (χ3n) is 4.15. The van der Waals surface area contributed by atoms with Crippen molar-refractivity contribution in [2.75, 3.05) is 7.11 Å². The predicted octanol–water partition coefficient (Wildman–Crippen LogP) is 3.57. The molecule has 1 aliphatic rings. The van der Waals surface area contributed by atoms with Crippen LogP contribution in [0.5, 0.6) is 11.6 Å². The molecule has 0 unspecified atom stereocenters. The molecule has 0 bridgehead atoms. The van der Waals surface area contributed by atoms with E-state index in [1.807, 2.05) is 20.8 Å². The van der Waals surface area contributed by atoms with Gasteiger partial charge in [-0.1, -0.05) is 5.16 Å². The van der Waals surface area contributed by atoms with E-state index < -0.39 is 11.7 Å². The van der Waals surface area contributed by atoms with Gasteiger partial charge in [0.25, 0.3) is 0 Å². The van der Waals surface area contributed by atoms with Crippen LogP contribution in [0.15, 0.2) is 29.0 Å². The Balaban J connectivity index is 1.66. The van der Waals surface area contributed by atoms with Gasteiger partial charge < -0.3 is 24.1 Å². The summed E-state index contributed by atoms with van der Waals surface area (Å²) in [6.07, 6.45) is 5.07. The summed E-state index contributed by atoms with van der Waals surface area (Å²) in [6, 6.07) is 3.52. The second kappa shape index (κ2) is 7.85. The molecule has 0 aromatic carbocycles. The van der Waals surface area contributed by atoms with Gasteiger partial charge in [0.05, 0.1) is 13.3 Å². The lowest BCUT2D eigenvalue weighted by atomic mass is 10.2. The molecule has 1 saturated carbocycles. The number of aromatic nitrogens is 2. The average molecular weight is 375 g/mol. The molecule has 8 nitrogen and oxygen atoms in total. The van der Waals surface area contributed by atoms with Crippen LogP contribution in [0.1, 0.15) is 40.0 Å². The standard InChI is InChI=1S/C19H25N3O5/c1-19(2,3)26-18(23)22-12-5-6-13(11-12)25-14-7-9-20-17(24-4)16(14)15-8-10-21-27-15/h7-10,12-13H,5-6,11H2,1-4H3,(H,22,23)/t12-,13+/m0/s1. The Morgan fingerprint density at radius 2 is 2.07 bits per heavy atom. The first-order valence-corrected chi connectivity index (χ1v) is 8.96. The first-order valence-electron chi connectivity index (χ1n) is 8.96. The third kappa shape index (κ3) is 4.90. The number of methoxy groups -OCH3 is 1. The van der Waals surface area contributed by atoms with Crippen LogP contribution in [-0.4, -0.2) is 41.1 Å². The number of carbonyl (C=O) groups excluding carboxylic acids is 1. The molecule has 3 rings (SSSR count). The lowest BCUT2D eigenvalue weighted by Gasteiger charge is -2.22. The Hall–Kier alpha value is -2.77. The van der Waals surface area contributed by atoms with Gasteiger partial charge in [0.1, 0.15) is 23.0 Å². The normalized spacial score (nSPS) is 19.6. The smallest absolute Gasteiger partial charge is 0.407 e. The highest BCUT2D eigenvalue weighted by molar-refractivity contribution is 5.70. The molecule has 1 amide bonds. The fraction of sp³-hybridized carbons (Fsp3) is 0.526. The van der Waals surface area contributed by atoms with Crippen LogP contribution >= 0.6 is 0 Å². The number of alkyl carbamates (subject to hydrolysis) is 1. The highest BCUT2D eigenvalue weighted by Crippen LogP contribution is 2.38. The molecule has 146 valence electrons. The largest absolute Gasteiger partial charge is 0.489 e. The summed E-state index contributed by atoms with van der Waals surface area (Å²) in [4.78, 5) is 16.2. The fourth-order valence-electron chi connectivity index (χ4n) is 3.08. The van der Waals surface area contributed by atoms with E-state index in [2.05, 4.69) is 15.5 Å². The van der Waals surface area contributed by atoms with E-state index in [0.717, 1.165) is 12.8 Å². The molecule has 0 spiro atoms. The molecule has 0 saturated heterocycles. The van der Waals surface area contributed by atoms with Crippen molar-refractivity contribution in [3.8, 4) is 23.0 Å². The van der Waals surface area contributed by atoms with E-state index in [0.29, 0.717) is 29.4 Å². The molecule has 2 atom stereocenters. The van der Waals surface area contributed by atoms with Crippen molar-refractivity contribution < 1.29 is 23.5 Å². The first kappa shape index (κ1) is 19.0. The molecule has 0 radical (unpaired) electrons. The van der Waals surface area contributed by atoms with Crippen molar-refractivity contribution in [2.45, 2.75) is 57.8 Å². The number of pyridine rings is 1. The number of nitrogens with zero attached hydrogens (tertiary/aromatic N) is 2. The van der Waals surface area contributed by atoms with Crippen LogP contribution in [0.4, 0.5) is 4.79 Å². The van der Waals surface area contributed by atoms with Crippen LogP contribution in [0.2, 0.25) is 0 Å². The van der Waals surface area contributed by atoms with Crippen LogP contribution in [0.25, 0.3) is 11.3 Å². The van der Waals surface area contributed by atoms with Gasteiger partial charge in [-0.25, -0.2) is 9.78 Å². The zero-order chi connectivity index (χ0) is 19.4. The van der Waals surface area contributed by atoms with Gasteiger partial charge in [-0.15, -0.1) is 0 Å². The van der Waals surface area contributed by atoms with Crippen molar-refractivity contribution in [1.82, 2.24) is 15.5 Å². The predicted molar refractivity (Wildman–Crippen MR) is 97.7 cm³/mol. The fourth-order valence-corrected chi connectivity index (χ4v) is 3.08. The lowest BCUT2D eigenvalue weighted by molar-refractivity contribution is 0.0503. The molecule has 1 fully saturated rings. The number of hydrogen-bond donors (Lipinski definition) is 1. The van der Waals surface area contributed by atoms with E-state index in [-0.39, 0.29) is 12.1 Å². The van der Waals surface area contributed by atoms with Crippen LogP contribution in [0.3, 0.4) is 0 Å². The molecular formula is C19H25N3O5. The Labute approximate surface area is 158 Å². The van der Waals surface area contributed by atoms with Crippen molar-refractivity contribution in [2.24, 2.45) is 0 Å². The van der Waals surface area contributed by atoms with E-state index in [1.165, 1.54) is 0 Å². The minimum Gasteiger partial charge on any atom is -0.489 e. The summed E-state index contributed by atoms with van der Waals surface area (Å²) in [7, 11) is 1.54. The van der Waals surface area contributed by atoms with Crippen molar-refractivity contribution in [1.29, 1.82) is 0 Å². The Morgan fingerprint density at radius 3 is 2.74 bits per heavy atom. The molecule has 1 aliphatic carbocycles. The minimum absolute atomic E-state index is 0.0160. The lowest BCUT2D eigenvalue weighted by Crippen LogP contribution is -2.38. The minimum atomic E-state index is -0.516. The maximum atomic E-state index is 12.0. The van der Waals surface area contributed by atoms with E-state index in [9.17, 15) is 4.79 Å². The van der Waals surface area contributed by atoms with Gasteiger partial charge in [0.15, 0.2) is 5.76 Å². The SMILES string of the molecule is COc1nccc(O[C@@H]2CC[C@H](NC(=O)OC(C)(C)C)C2)c1-c1ccno1. The Morgan fingerprint density at radius 1 is 1.26 bits per heavy atom. The number of hydrogen-bond acceptors (Lipinski definition) is 7. The van der Waals surface area contributed by atoms with Gasteiger partial charge in [0.2, 0.25) is 5.88 Å².